The van der Waals surface area contributed by atoms with Gasteiger partial charge in [0.1, 0.15) is 12.4 Å². The molecule has 0 spiro atoms. The molecule has 180 valence electrons. The normalized spacial score (nSPS) is 14.8. The van der Waals surface area contributed by atoms with Gasteiger partial charge in [0.05, 0.1) is 11.4 Å². The quantitative estimate of drug-likeness (QED) is 0.611. The molecule has 2 N–H and O–H groups in total. The SMILES string of the molecule is CC(C)CN(CC(=O)Nc1cc(C(C)(C)C)nn1-c1ccccc1)C(=O)NC1CCCCC1. The summed E-state index contributed by atoms with van der Waals surface area (Å²) in [5.74, 6) is 0.637. The highest BCUT2D eigenvalue weighted by atomic mass is 16.2. The summed E-state index contributed by atoms with van der Waals surface area (Å²) < 4.78 is 1.76. The molecule has 0 radical (unpaired) electrons. The maximum absolute atomic E-state index is 13.1. The largest absolute Gasteiger partial charge is 0.335 e. The standard InChI is InChI=1S/C26H39N5O2/c1-19(2)17-30(25(33)27-20-12-8-6-9-13-20)18-24(32)28-23-16-22(26(3,4)5)29-31(23)21-14-10-7-11-15-21/h7,10-11,14-16,19-20H,6,8-9,12-13,17-18H2,1-5H3,(H,27,33)(H,28,32). The van der Waals surface area contributed by atoms with Crippen molar-refractivity contribution in [2.45, 2.75) is 78.2 Å². The maximum Gasteiger partial charge on any atom is 0.318 e. The zero-order valence-corrected chi connectivity index (χ0v) is 20.7. The van der Waals surface area contributed by atoms with Crippen LogP contribution in [0.3, 0.4) is 0 Å². The van der Waals surface area contributed by atoms with Crippen LogP contribution in [0.15, 0.2) is 36.4 Å². The highest BCUT2D eigenvalue weighted by molar-refractivity contribution is 5.94. The number of rotatable bonds is 7. The molecule has 33 heavy (non-hydrogen) atoms. The summed E-state index contributed by atoms with van der Waals surface area (Å²) >= 11 is 0. The van der Waals surface area contributed by atoms with Crippen LogP contribution in [0.4, 0.5) is 10.6 Å². The molecule has 7 heteroatoms. The van der Waals surface area contributed by atoms with Gasteiger partial charge in [-0.25, -0.2) is 9.48 Å². The third-order valence-corrected chi connectivity index (χ3v) is 5.89. The van der Waals surface area contributed by atoms with E-state index in [4.69, 9.17) is 5.10 Å². The molecule has 1 fully saturated rings. The Hall–Kier alpha value is -2.83. The van der Waals surface area contributed by atoms with Gasteiger partial charge in [-0.2, -0.15) is 5.10 Å². The van der Waals surface area contributed by atoms with Gasteiger partial charge in [0.15, 0.2) is 0 Å². The number of anilines is 1. The van der Waals surface area contributed by atoms with Gasteiger partial charge in [-0.3, -0.25) is 4.79 Å². The summed E-state index contributed by atoms with van der Waals surface area (Å²) in [6, 6.07) is 11.7. The monoisotopic (exact) mass is 453 g/mol. The van der Waals surface area contributed by atoms with Gasteiger partial charge in [0, 0.05) is 24.1 Å². The van der Waals surface area contributed by atoms with E-state index in [1.165, 1.54) is 6.42 Å². The van der Waals surface area contributed by atoms with Gasteiger partial charge in [-0.1, -0.05) is 72.1 Å². The van der Waals surface area contributed by atoms with E-state index >= 15 is 0 Å². The van der Waals surface area contributed by atoms with Crippen LogP contribution >= 0.6 is 0 Å². The first kappa shape index (κ1) is 24.8. The Bertz CT molecular complexity index is 924. The van der Waals surface area contributed by atoms with Crippen LogP contribution in [0.25, 0.3) is 5.69 Å². The molecule has 1 aromatic heterocycles. The molecule has 1 aromatic carbocycles. The molecule has 1 aliphatic rings. The second-order valence-corrected chi connectivity index (χ2v) is 10.5. The maximum atomic E-state index is 13.1. The van der Waals surface area contributed by atoms with E-state index in [1.807, 2.05) is 36.4 Å². The summed E-state index contributed by atoms with van der Waals surface area (Å²) in [7, 11) is 0. The van der Waals surface area contributed by atoms with Crippen molar-refractivity contribution in [2.24, 2.45) is 5.92 Å². The number of hydrogen-bond donors (Lipinski definition) is 2. The molecule has 0 saturated heterocycles. The van der Waals surface area contributed by atoms with E-state index in [0.717, 1.165) is 37.1 Å². The average Bonchev–Trinajstić information content (AvgIpc) is 3.18. The first-order valence-corrected chi connectivity index (χ1v) is 12.1. The van der Waals surface area contributed by atoms with Crippen LogP contribution in [0.1, 0.15) is 72.4 Å². The summed E-state index contributed by atoms with van der Waals surface area (Å²) in [5.41, 5.74) is 1.59. The molecule has 1 aliphatic carbocycles. The van der Waals surface area contributed by atoms with Crippen molar-refractivity contribution in [1.29, 1.82) is 0 Å². The van der Waals surface area contributed by atoms with E-state index in [0.29, 0.717) is 12.4 Å². The zero-order chi connectivity index (χ0) is 24.0. The van der Waals surface area contributed by atoms with Crippen LogP contribution in [0.5, 0.6) is 0 Å². The Labute approximate surface area is 197 Å². The number of hydrogen-bond acceptors (Lipinski definition) is 3. The number of amides is 3. The minimum atomic E-state index is -0.230. The second-order valence-electron chi connectivity index (χ2n) is 10.5. The molecule has 2 aromatic rings. The Morgan fingerprint density at radius 1 is 1.12 bits per heavy atom. The van der Waals surface area contributed by atoms with Crippen molar-refractivity contribution in [1.82, 2.24) is 20.0 Å². The third-order valence-electron chi connectivity index (χ3n) is 5.89. The predicted molar refractivity (Wildman–Crippen MR) is 133 cm³/mol. The van der Waals surface area contributed by atoms with E-state index in [2.05, 4.69) is 45.3 Å². The molecular formula is C26H39N5O2. The van der Waals surface area contributed by atoms with Crippen LogP contribution in [0.2, 0.25) is 0 Å². The number of urea groups is 1. The van der Waals surface area contributed by atoms with E-state index in [9.17, 15) is 9.59 Å². The topological polar surface area (TPSA) is 79.3 Å². The van der Waals surface area contributed by atoms with Crippen molar-refractivity contribution in [3.05, 3.63) is 42.1 Å². The molecule has 0 bridgehead atoms. The first-order valence-electron chi connectivity index (χ1n) is 12.1. The van der Waals surface area contributed by atoms with Crippen LogP contribution in [-0.2, 0) is 10.2 Å². The highest BCUT2D eigenvalue weighted by Crippen LogP contribution is 2.26. The minimum absolute atomic E-state index is 0.00154. The van der Waals surface area contributed by atoms with Gasteiger partial charge in [-0.15, -0.1) is 0 Å². The van der Waals surface area contributed by atoms with Gasteiger partial charge in [-0.05, 0) is 30.9 Å². The lowest BCUT2D eigenvalue weighted by atomic mass is 9.92. The fourth-order valence-corrected chi connectivity index (χ4v) is 4.13. The number of aromatic nitrogens is 2. The molecule has 3 rings (SSSR count). The van der Waals surface area contributed by atoms with E-state index in [1.54, 1.807) is 9.58 Å². The Morgan fingerprint density at radius 3 is 2.39 bits per heavy atom. The number of carbonyl (C=O) groups excluding carboxylic acids is 2. The van der Waals surface area contributed by atoms with E-state index < -0.39 is 0 Å². The molecule has 7 nitrogen and oxygen atoms in total. The molecule has 0 unspecified atom stereocenters. The lowest BCUT2D eigenvalue weighted by Gasteiger charge is -2.29. The molecular weight excluding hydrogens is 414 g/mol. The first-order chi connectivity index (χ1) is 15.6. The second kappa shape index (κ2) is 10.9. The number of benzene rings is 1. The van der Waals surface area contributed by atoms with Crippen molar-refractivity contribution in [3.8, 4) is 5.69 Å². The molecule has 0 atom stereocenters. The zero-order valence-electron chi connectivity index (χ0n) is 20.7. The lowest BCUT2D eigenvalue weighted by Crippen LogP contribution is -2.49. The smallest absolute Gasteiger partial charge is 0.318 e. The molecule has 0 aliphatic heterocycles. The molecule has 1 saturated carbocycles. The lowest BCUT2D eigenvalue weighted by molar-refractivity contribution is -0.116. The highest BCUT2D eigenvalue weighted by Gasteiger charge is 2.25. The molecule has 1 heterocycles. The Balaban J connectivity index is 1.75. The number of para-hydroxylation sites is 1. The van der Waals surface area contributed by atoms with Crippen molar-refractivity contribution >= 4 is 17.8 Å². The fourth-order valence-electron chi connectivity index (χ4n) is 4.13. The van der Waals surface area contributed by atoms with Crippen molar-refractivity contribution in [3.63, 3.8) is 0 Å². The van der Waals surface area contributed by atoms with Gasteiger partial charge < -0.3 is 15.5 Å². The van der Waals surface area contributed by atoms with Crippen molar-refractivity contribution < 1.29 is 9.59 Å². The average molecular weight is 454 g/mol. The number of carbonyl (C=O) groups is 2. The van der Waals surface area contributed by atoms with E-state index in [-0.39, 0.29) is 35.9 Å². The Morgan fingerprint density at radius 2 is 1.79 bits per heavy atom. The third kappa shape index (κ3) is 7.07. The minimum Gasteiger partial charge on any atom is -0.335 e. The predicted octanol–water partition coefficient (Wildman–Crippen LogP) is 5.11. The molecule has 3 amide bonds. The van der Waals surface area contributed by atoms with Gasteiger partial charge in [0.2, 0.25) is 5.91 Å². The summed E-state index contributed by atoms with van der Waals surface area (Å²) in [4.78, 5) is 27.7. The van der Waals surface area contributed by atoms with Crippen LogP contribution in [0, 0.1) is 5.92 Å². The van der Waals surface area contributed by atoms with Crippen LogP contribution < -0.4 is 10.6 Å². The van der Waals surface area contributed by atoms with Gasteiger partial charge in [0.25, 0.3) is 0 Å². The summed E-state index contributed by atoms with van der Waals surface area (Å²) in [6.07, 6.45) is 5.55. The summed E-state index contributed by atoms with van der Waals surface area (Å²) in [5, 5.41) is 10.9. The number of nitrogens with zero attached hydrogens (tertiary/aromatic N) is 3. The Kier molecular flexibility index (Phi) is 8.16. The van der Waals surface area contributed by atoms with Crippen molar-refractivity contribution in [2.75, 3.05) is 18.4 Å². The summed E-state index contributed by atoms with van der Waals surface area (Å²) in [6.45, 7) is 10.9. The number of nitrogens with one attached hydrogen (secondary N) is 2. The van der Waals surface area contributed by atoms with Gasteiger partial charge >= 0.3 is 6.03 Å². The fraction of sp³-hybridized carbons (Fsp3) is 0.577. The van der Waals surface area contributed by atoms with Crippen LogP contribution in [-0.4, -0.2) is 45.8 Å².